The molecule has 1 aromatic rings. The molecule has 4 nitrogen and oxygen atoms in total. The van der Waals surface area contributed by atoms with Crippen LogP contribution in [0.5, 0.6) is 0 Å². The summed E-state index contributed by atoms with van der Waals surface area (Å²) in [5.41, 5.74) is 0.600. The molecule has 0 aliphatic rings. The van der Waals surface area contributed by atoms with Gasteiger partial charge in [-0.2, -0.15) is 0 Å². The monoisotopic (exact) mass is 231 g/mol. The highest BCUT2D eigenvalue weighted by atomic mass is 16.4. The van der Waals surface area contributed by atoms with Crippen molar-refractivity contribution in [2.75, 3.05) is 0 Å². The molecule has 1 aromatic heterocycles. The topological polar surface area (TPSA) is 59.3 Å². The molecular weight excluding hydrogens is 218 g/mol. The van der Waals surface area contributed by atoms with Gasteiger partial charge in [0.2, 0.25) is 0 Å². The predicted octanol–water partition coefficient (Wildman–Crippen LogP) is 1.84. The summed E-state index contributed by atoms with van der Waals surface area (Å²) in [6.45, 7) is 7.44. The van der Waals surface area contributed by atoms with Crippen LogP contribution in [0.2, 0.25) is 0 Å². The lowest BCUT2D eigenvalue weighted by Gasteiger charge is -2.06. The van der Waals surface area contributed by atoms with Crippen LogP contribution in [0, 0.1) is 0 Å². The van der Waals surface area contributed by atoms with E-state index in [0.717, 1.165) is 5.57 Å². The van der Waals surface area contributed by atoms with E-state index in [2.05, 4.69) is 13.2 Å². The largest absolute Gasteiger partial charge is 0.478 e. The van der Waals surface area contributed by atoms with Crippen LogP contribution in [0.15, 0.2) is 60.1 Å². The van der Waals surface area contributed by atoms with Crippen LogP contribution in [0.1, 0.15) is 10.4 Å². The first-order chi connectivity index (χ1) is 8.08. The molecular formula is C13H13NO3. The van der Waals surface area contributed by atoms with Gasteiger partial charge >= 0.3 is 5.97 Å². The number of carbonyl (C=O) groups is 1. The number of pyridine rings is 1. The summed E-state index contributed by atoms with van der Waals surface area (Å²) in [5.74, 6) is -1.06. The van der Waals surface area contributed by atoms with Gasteiger partial charge in [0.1, 0.15) is 0 Å². The Morgan fingerprint density at radius 1 is 1.41 bits per heavy atom. The fraction of sp³-hybridized carbons (Fsp3) is 0.0769. The highest BCUT2D eigenvalue weighted by Crippen LogP contribution is 2.02. The number of aromatic nitrogens is 1. The van der Waals surface area contributed by atoms with E-state index in [1.165, 1.54) is 22.9 Å². The number of allylic oxidation sites excluding steroid dienone is 4. The molecule has 0 atom stereocenters. The van der Waals surface area contributed by atoms with Gasteiger partial charge in [-0.05, 0) is 11.6 Å². The number of hydrogen-bond acceptors (Lipinski definition) is 2. The lowest BCUT2D eigenvalue weighted by Crippen LogP contribution is -2.20. The Morgan fingerprint density at radius 3 is 2.65 bits per heavy atom. The number of rotatable bonds is 5. The molecule has 1 heterocycles. The molecule has 0 saturated carbocycles. The lowest BCUT2D eigenvalue weighted by molar-refractivity contribution is 0.0696. The molecule has 4 heteroatoms. The molecule has 0 fully saturated rings. The Kier molecular flexibility index (Phi) is 4.22. The molecule has 0 spiro atoms. The van der Waals surface area contributed by atoms with E-state index in [0.29, 0.717) is 0 Å². The minimum Gasteiger partial charge on any atom is -0.478 e. The molecule has 0 unspecified atom stereocenters. The summed E-state index contributed by atoms with van der Waals surface area (Å²) in [7, 11) is 0. The van der Waals surface area contributed by atoms with Crippen LogP contribution >= 0.6 is 0 Å². The normalized spacial score (nSPS) is 10.9. The Morgan fingerprint density at radius 2 is 2.12 bits per heavy atom. The molecule has 0 aliphatic heterocycles. The van der Waals surface area contributed by atoms with Crippen molar-refractivity contribution in [1.29, 1.82) is 0 Å². The molecule has 1 rings (SSSR count). The number of carboxylic acid groups (broad SMARTS) is 1. The van der Waals surface area contributed by atoms with E-state index < -0.39 is 5.97 Å². The Bertz CT molecular complexity index is 538. The van der Waals surface area contributed by atoms with Gasteiger partial charge in [-0.3, -0.25) is 4.79 Å². The summed E-state index contributed by atoms with van der Waals surface area (Å²) in [4.78, 5) is 22.3. The zero-order valence-corrected chi connectivity index (χ0v) is 9.30. The second kappa shape index (κ2) is 5.65. The van der Waals surface area contributed by atoms with Gasteiger partial charge in [0.15, 0.2) is 0 Å². The van der Waals surface area contributed by atoms with Gasteiger partial charge in [0, 0.05) is 12.3 Å². The molecule has 0 aromatic carbocycles. The van der Waals surface area contributed by atoms with E-state index in [1.54, 1.807) is 18.2 Å². The third-order valence-electron chi connectivity index (χ3n) is 2.18. The van der Waals surface area contributed by atoms with E-state index in [9.17, 15) is 9.59 Å². The summed E-state index contributed by atoms with van der Waals surface area (Å²) >= 11 is 0. The van der Waals surface area contributed by atoms with E-state index in [-0.39, 0.29) is 17.7 Å². The van der Waals surface area contributed by atoms with Crippen molar-refractivity contribution < 1.29 is 9.90 Å². The van der Waals surface area contributed by atoms with Crippen molar-refractivity contribution in [2.24, 2.45) is 0 Å². The lowest BCUT2D eigenvalue weighted by atomic mass is 10.2. The van der Waals surface area contributed by atoms with Crippen molar-refractivity contribution in [3.63, 3.8) is 0 Å². The third-order valence-corrected chi connectivity index (χ3v) is 2.18. The van der Waals surface area contributed by atoms with Gasteiger partial charge in [-0.25, -0.2) is 4.79 Å². The summed E-state index contributed by atoms with van der Waals surface area (Å²) in [6, 6.07) is 2.52. The van der Waals surface area contributed by atoms with Crippen LogP contribution in [0.4, 0.5) is 0 Å². The van der Waals surface area contributed by atoms with E-state index in [4.69, 9.17) is 5.11 Å². The van der Waals surface area contributed by atoms with Crippen molar-refractivity contribution >= 4 is 5.97 Å². The molecule has 88 valence electrons. The van der Waals surface area contributed by atoms with Gasteiger partial charge in [-0.1, -0.05) is 31.4 Å². The van der Waals surface area contributed by atoms with Crippen LogP contribution < -0.4 is 5.56 Å². The smallest absolute Gasteiger partial charge is 0.337 e. The molecule has 17 heavy (non-hydrogen) atoms. The summed E-state index contributed by atoms with van der Waals surface area (Å²) < 4.78 is 1.32. The Balaban J connectivity index is 3.13. The maximum Gasteiger partial charge on any atom is 0.337 e. The molecule has 0 aliphatic carbocycles. The summed E-state index contributed by atoms with van der Waals surface area (Å²) in [6.07, 6.45) is 6.21. The molecule has 0 amide bonds. The van der Waals surface area contributed by atoms with Crippen molar-refractivity contribution in [2.45, 2.75) is 6.54 Å². The SMILES string of the molecule is C=C/C=C(\C=C)Cn1cc(C(=O)O)ccc1=O. The zero-order chi connectivity index (χ0) is 12.8. The number of hydrogen-bond donors (Lipinski definition) is 1. The summed E-state index contributed by atoms with van der Waals surface area (Å²) in [5, 5.41) is 8.83. The van der Waals surface area contributed by atoms with Crippen LogP contribution in [-0.2, 0) is 6.54 Å². The van der Waals surface area contributed by atoms with E-state index >= 15 is 0 Å². The van der Waals surface area contributed by atoms with Crippen molar-refractivity contribution in [3.05, 3.63) is 71.2 Å². The predicted molar refractivity (Wildman–Crippen MR) is 66.1 cm³/mol. The molecule has 0 bridgehead atoms. The second-order valence-corrected chi connectivity index (χ2v) is 3.37. The maximum atomic E-state index is 11.5. The van der Waals surface area contributed by atoms with Crippen LogP contribution in [0.3, 0.4) is 0 Å². The van der Waals surface area contributed by atoms with Crippen LogP contribution in [-0.4, -0.2) is 15.6 Å². The fourth-order valence-electron chi connectivity index (χ4n) is 1.31. The maximum absolute atomic E-state index is 11.5. The second-order valence-electron chi connectivity index (χ2n) is 3.37. The van der Waals surface area contributed by atoms with Gasteiger partial charge in [-0.15, -0.1) is 0 Å². The molecule has 0 radical (unpaired) electrons. The average Bonchev–Trinajstić information content (AvgIpc) is 2.30. The highest BCUT2D eigenvalue weighted by Gasteiger charge is 2.05. The number of nitrogens with zero attached hydrogens (tertiary/aromatic N) is 1. The average molecular weight is 231 g/mol. The zero-order valence-electron chi connectivity index (χ0n) is 9.30. The van der Waals surface area contributed by atoms with Gasteiger partial charge in [0.25, 0.3) is 5.56 Å². The standard InChI is InChI=1S/C13H13NO3/c1-3-5-10(4-2)8-14-9-11(13(16)17)6-7-12(14)15/h3-7,9H,1-2,8H2,(H,16,17)/b10-5+. The van der Waals surface area contributed by atoms with Crippen molar-refractivity contribution in [3.8, 4) is 0 Å². The Hall–Kier alpha value is -2.36. The molecule has 0 saturated heterocycles. The molecule has 1 N–H and O–H groups in total. The Labute approximate surface area is 98.8 Å². The van der Waals surface area contributed by atoms with E-state index in [1.807, 2.05) is 0 Å². The van der Waals surface area contributed by atoms with Gasteiger partial charge in [0.05, 0.1) is 12.1 Å². The minimum atomic E-state index is -1.06. The first-order valence-electron chi connectivity index (χ1n) is 4.96. The van der Waals surface area contributed by atoms with Gasteiger partial charge < -0.3 is 9.67 Å². The van der Waals surface area contributed by atoms with Crippen molar-refractivity contribution in [1.82, 2.24) is 4.57 Å². The van der Waals surface area contributed by atoms with Crippen LogP contribution in [0.25, 0.3) is 0 Å². The number of carboxylic acids is 1. The third kappa shape index (κ3) is 3.31. The first-order valence-corrected chi connectivity index (χ1v) is 4.96. The quantitative estimate of drug-likeness (QED) is 0.787. The fourth-order valence-corrected chi connectivity index (χ4v) is 1.31. The number of aromatic carboxylic acids is 1. The highest BCUT2D eigenvalue weighted by molar-refractivity contribution is 5.87. The minimum absolute atomic E-state index is 0.0756. The first kappa shape index (κ1) is 12.7.